The fourth-order valence-corrected chi connectivity index (χ4v) is 2.54. The molecule has 0 spiro atoms. The molecule has 0 saturated carbocycles. The summed E-state index contributed by atoms with van der Waals surface area (Å²) in [6.07, 6.45) is 0.293. The van der Waals surface area contributed by atoms with Gasteiger partial charge in [0.2, 0.25) is 5.66 Å². The number of hydrogen-bond acceptors (Lipinski definition) is 3. The van der Waals surface area contributed by atoms with E-state index < -0.39 is 17.8 Å². The molecule has 1 saturated heterocycles. The second kappa shape index (κ2) is 4.84. The molecule has 3 atom stereocenters. The highest BCUT2D eigenvalue weighted by Gasteiger charge is 2.71. The van der Waals surface area contributed by atoms with Gasteiger partial charge in [-0.2, -0.15) is 13.2 Å². The van der Waals surface area contributed by atoms with Crippen LogP contribution in [-0.4, -0.2) is 35.3 Å². The molecule has 0 aromatic heterocycles. The zero-order valence-electron chi connectivity index (χ0n) is 12.5. The normalized spacial score (nSPS) is 32.6. The molecule has 3 unspecified atom stereocenters. The minimum Gasteiger partial charge on any atom is -0.347 e. The molecule has 1 heterocycles. The molecule has 2 aliphatic rings. The first-order chi connectivity index (χ1) is 9.47. The van der Waals surface area contributed by atoms with Crippen LogP contribution in [0.15, 0.2) is 23.8 Å². The lowest BCUT2D eigenvalue weighted by Crippen LogP contribution is -2.45. The van der Waals surface area contributed by atoms with E-state index in [4.69, 9.17) is 0 Å². The van der Waals surface area contributed by atoms with Gasteiger partial charge in [-0.25, -0.2) is 10.4 Å². The van der Waals surface area contributed by atoms with Crippen LogP contribution in [0.5, 0.6) is 0 Å². The van der Waals surface area contributed by atoms with Crippen molar-refractivity contribution in [2.75, 3.05) is 7.05 Å². The van der Waals surface area contributed by atoms with Gasteiger partial charge in [-0.05, 0) is 27.2 Å². The zero-order valence-corrected chi connectivity index (χ0v) is 12.5. The fourth-order valence-electron chi connectivity index (χ4n) is 2.54. The number of amides is 1. The molecule has 1 aliphatic carbocycles. The number of rotatable bonds is 2. The summed E-state index contributed by atoms with van der Waals surface area (Å²) in [6, 6.07) is 0. The number of halogens is 3. The lowest BCUT2D eigenvalue weighted by atomic mass is 9.87. The van der Waals surface area contributed by atoms with E-state index in [2.05, 4.69) is 10.7 Å². The van der Waals surface area contributed by atoms with Crippen LogP contribution in [0.2, 0.25) is 0 Å². The van der Waals surface area contributed by atoms with E-state index in [0.29, 0.717) is 5.57 Å². The van der Waals surface area contributed by atoms with Crippen LogP contribution in [0.25, 0.3) is 0 Å². The maximum Gasteiger partial charge on any atom is 0.423 e. The van der Waals surface area contributed by atoms with Crippen molar-refractivity contribution in [3.8, 4) is 0 Å². The van der Waals surface area contributed by atoms with Gasteiger partial charge < -0.3 is 5.32 Å². The third kappa shape index (κ3) is 2.98. The summed E-state index contributed by atoms with van der Waals surface area (Å²) in [5.74, 6) is -1.01. The molecule has 1 aliphatic heterocycles. The Kier molecular flexibility index (Phi) is 3.70. The number of allylic oxidation sites excluding steroid dienone is 1. The van der Waals surface area contributed by atoms with Crippen molar-refractivity contribution in [2.45, 2.75) is 44.6 Å². The maximum atomic E-state index is 13.2. The second-order valence-corrected chi connectivity index (χ2v) is 6.50. The van der Waals surface area contributed by atoms with Crippen molar-refractivity contribution in [2.24, 2.45) is 5.92 Å². The van der Waals surface area contributed by atoms with Crippen LogP contribution in [0.1, 0.15) is 27.2 Å². The first-order valence-electron chi connectivity index (χ1n) is 6.76. The number of hydrogen-bond donors (Lipinski definition) is 2. The number of carbonyl (C=O) groups excluding carboxylic acids is 1. The largest absolute Gasteiger partial charge is 0.423 e. The maximum absolute atomic E-state index is 13.2. The predicted octanol–water partition coefficient (Wildman–Crippen LogP) is 2.11. The molecular formula is C14H20F3N3O. The number of carbonyl (C=O) groups is 1. The first kappa shape index (κ1) is 16.0. The van der Waals surface area contributed by atoms with Crippen LogP contribution in [0, 0.1) is 5.92 Å². The van der Waals surface area contributed by atoms with E-state index in [9.17, 15) is 18.0 Å². The van der Waals surface area contributed by atoms with Crippen molar-refractivity contribution < 1.29 is 18.0 Å². The lowest BCUT2D eigenvalue weighted by Gasteiger charge is -2.27. The van der Waals surface area contributed by atoms with Crippen LogP contribution >= 0.6 is 0 Å². The molecule has 0 bridgehead atoms. The Hall–Kier alpha value is -1.34. The van der Waals surface area contributed by atoms with Crippen molar-refractivity contribution in [1.82, 2.24) is 15.8 Å². The molecule has 0 radical (unpaired) electrons. The third-order valence-electron chi connectivity index (χ3n) is 3.64. The van der Waals surface area contributed by atoms with Gasteiger partial charge in [-0.15, -0.1) is 0 Å². The Balaban J connectivity index is 2.07. The summed E-state index contributed by atoms with van der Waals surface area (Å²) < 4.78 is 39.5. The van der Waals surface area contributed by atoms with Crippen LogP contribution < -0.4 is 10.7 Å². The van der Waals surface area contributed by atoms with Crippen molar-refractivity contribution in [1.29, 1.82) is 0 Å². The Labute approximate surface area is 122 Å². The summed E-state index contributed by atoms with van der Waals surface area (Å²) in [5.41, 5.74) is 0.380. The molecule has 0 aromatic rings. The van der Waals surface area contributed by atoms with Crippen LogP contribution in [0.4, 0.5) is 13.2 Å². The smallest absolute Gasteiger partial charge is 0.347 e. The molecule has 7 heteroatoms. The molecule has 21 heavy (non-hydrogen) atoms. The Morgan fingerprint density at radius 3 is 2.33 bits per heavy atom. The quantitative estimate of drug-likeness (QED) is 0.768. The van der Waals surface area contributed by atoms with Gasteiger partial charge in [0, 0.05) is 24.1 Å². The average Bonchev–Trinajstić information content (AvgIpc) is 3.00. The third-order valence-corrected chi connectivity index (χ3v) is 3.64. The first-order valence-corrected chi connectivity index (χ1v) is 6.76. The van der Waals surface area contributed by atoms with Gasteiger partial charge in [-0.3, -0.25) is 4.79 Å². The minimum absolute atomic E-state index is 0.167. The summed E-state index contributed by atoms with van der Waals surface area (Å²) in [5, 5.41) is 3.86. The van der Waals surface area contributed by atoms with Gasteiger partial charge in [-0.1, -0.05) is 18.2 Å². The fraction of sp³-hybridized carbons (Fsp3) is 0.643. The van der Waals surface area contributed by atoms with E-state index in [-0.39, 0.29) is 17.9 Å². The molecule has 2 N–H and O–H groups in total. The Morgan fingerprint density at radius 2 is 2.00 bits per heavy atom. The van der Waals surface area contributed by atoms with E-state index in [1.807, 2.05) is 20.8 Å². The highest BCUT2D eigenvalue weighted by Crippen LogP contribution is 2.48. The van der Waals surface area contributed by atoms with E-state index in [0.717, 1.165) is 5.01 Å². The molecule has 1 fully saturated rings. The second-order valence-electron chi connectivity index (χ2n) is 6.50. The Morgan fingerprint density at radius 1 is 1.43 bits per heavy atom. The van der Waals surface area contributed by atoms with Gasteiger partial charge in [0.25, 0.3) is 5.91 Å². The molecule has 2 rings (SSSR count). The highest BCUT2D eigenvalue weighted by atomic mass is 19.4. The number of hydrazine groups is 1. The predicted molar refractivity (Wildman–Crippen MR) is 72.9 cm³/mol. The summed E-state index contributed by atoms with van der Waals surface area (Å²) in [4.78, 5) is 12.0. The van der Waals surface area contributed by atoms with Gasteiger partial charge in [0.15, 0.2) is 0 Å². The van der Waals surface area contributed by atoms with E-state index >= 15 is 0 Å². The molecular weight excluding hydrogens is 283 g/mol. The molecule has 0 aromatic carbocycles. The summed E-state index contributed by atoms with van der Waals surface area (Å²) in [6.45, 7) is 5.55. The number of nitrogens with zero attached hydrogens (tertiary/aromatic N) is 1. The number of alkyl halides is 3. The van der Waals surface area contributed by atoms with Gasteiger partial charge in [0.1, 0.15) is 0 Å². The number of nitrogens with one attached hydrogen (secondary N) is 2. The monoisotopic (exact) mass is 303 g/mol. The van der Waals surface area contributed by atoms with Crippen molar-refractivity contribution in [3.63, 3.8) is 0 Å². The van der Waals surface area contributed by atoms with Crippen LogP contribution in [0.3, 0.4) is 0 Å². The molecule has 4 nitrogen and oxygen atoms in total. The van der Waals surface area contributed by atoms with Crippen molar-refractivity contribution in [3.05, 3.63) is 23.8 Å². The van der Waals surface area contributed by atoms with Crippen molar-refractivity contribution >= 4 is 5.91 Å². The Bertz CT molecular complexity index is 505. The van der Waals surface area contributed by atoms with Gasteiger partial charge in [0.05, 0.1) is 0 Å². The standard InChI is InChI=1S/C14H20F3N3O/c1-12(2,3)18-11(21)9-5-7-10(8-6-9)13(14(15,16)17)19-20(13)4/h5-7,10,19H,8H2,1-4H3,(H,18,21). The molecule has 1 amide bonds. The highest BCUT2D eigenvalue weighted by molar-refractivity contribution is 5.96. The van der Waals surface area contributed by atoms with Crippen LogP contribution in [-0.2, 0) is 4.79 Å². The lowest BCUT2D eigenvalue weighted by molar-refractivity contribution is -0.180. The van der Waals surface area contributed by atoms with E-state index in [1.54, 1.807) is 6.08 Å². The molecule has 118 valence electrons. The minimum atomic E-state index is -4.37. The zero-order chi connectivity index (χ0) is 16.1. The summed E-state index contributed by atoms with van der Waals surface area (Å²) >= 11 is 0. The average molecular weight is 303 g/mol. The topological polar surface area (TPSA) is 54.1 Å². The van der Waals surface area contributed by atoms with Gasteiger partial charge >= 0.3 is 6.18 Å². The SMILES string of the molecule is CN1NC1(C1C=CC(C(=O)NC(C)(C)C)=CC1)C(F)(F)F. The van der Waals surface area contributed by atoms with E-state index in [1.165, 1.54) is 19.2 Å². The summed E-state index contributed by atoms with van der Waals surface area (Å²) in [7, 11) is 1.37.